The normalized spacial score (nSPS) is 19.2. The number of nitrogen functional groups attached to an aromatic ring is 1. The molecule has 192 valence electrons. The minimum Gasteiger partial charge on any atom is -0.384 e. The summed E-state index contributed by atoms with van der Waals surface area (Å²) in [5.41, 5.74) is 13.8. The van der Waals surface area contributed by atoms with Crippen molar-refractivity contribution < 1.29 is 9.18 Å². The topological polar surface area (TPSA) is 71.2 Å². The molecule has 37 heavy (non-hydrogen) atoms. The van der Waals surface area contributed by atoms with E-state index in [2.05, 4.69) is 60.7 Å². The van der Waals surface area contributed by atoms with Crippen molar-refractivity contribution in [2.24, 2.45) is 5.92 Å². The molecule has 5 nitrogen and oxygen atoms in total. The Morgan fingerprint density at radius 2 is 2.03 bits per heavy atom. The second-order valence-electron chi connectivity index (χ2n) is 10.2. The lowest BCUT2D eigenvalue weighted by Crippen LogP contribution is -2.47. The molecule has 2 aliphatic rings. The lowest BCUT2D eigenvalue weighted by Gasteiger charge is -2.38. The number of benzene rings is 1. The van der Waals surface area contributed by atoms with Crippen molar-refractivity contribution in [3.8, 4) is 10.4 Å². The van der Waals surface area contributed by atoms with Crippen LogP contribution in [-0.2, 0) is 11.3 Å². The highest BCUT2D eigenvalue weighted by molar-refractivity contribution is 7.16. The van der Waals surface area contributed by atoms with Gasteiger partial charge in [0, 0.05) is 33.6 Å². The monoisotopic (exact) mass is 516 g/mol. The fourth-order valence-electron chi connectivity index (χ4n) is 4.99. The molecule has 1 amide bonds. The van der Waals surface area contributed by atoms with Crippen molar-refractivity contribution in [1.29, 1.82) is 0 Å². The number of hydrogen-bond donors (Lipinski definition) is 2. The molecule has 7 heteroatoms. The summed E-state index contributed by atoms with van der Waals surface area (Å²) in [6.07, 6.45) is 5.28. The summed E-state index contributed by atoms with van der Waals surface area (Å²) in [6, 6.07) is 10.3. The standard InChI is InChI=1S/C30H33FN4OS/c1-17-11-22(26-12-25(26)20(4)35-15-23(31)16-35)7-8-24(17)30-19(3)18(2)27(37-30)14-34-29(36)10-6-21-5-9-28(32)33-13-21/h5-11,13,23,25-26H,4,12,14-16H2,1-3H3,(H2,32,33)(H,34,36)/b10-6+. The van der Waals surface area contributed by atoms with Gasteiger partial charge in [-0.2, -0.15) is 0 Å². The fourth-order valence-corrected chi connectivity index (χ4v) is 6.33. The maximum absolute atomic E-state index is 13.2. The van der Waals surface area contributed by atoms with Crippen LogP contribution in [0.15, 0.2) is 54.9 Å². The second kappa shape index (κ2) is 10.1. The molecule has 2 aromatic heterocycles. The van der Waals surface area contributed by atoms with E-state index in [0.29, 0.717) is 37.3 Å². The van der Waals surface area contributed by atoms with Crippen LogP contribution in [0.4, 0.5) is 10.2 Å². The molecule has 3 heterocycles. The average Bonchev–Trinajstić information content (AvgIpc) is 3.62. The van der Waals surface area contributed by atoms with E-state index in [1.54, 1.807) is 29.7 Å². The number of rotatable bonds is 8. The molecule has 3 N–H and O–H groups in total. The van der Waals surface area contributed by atoms with E-state index in [1.807, 2.05) is 6.07 Å². The molecule has 1 aromatic carbocycles. The van der Waals surface area contributed by atoms with Gasteiger partial charge in [0.25, 0.3) is 0 Å². The summed E-state index contributed by atoms with van der Waals surface area (Å²) < 4.78 is 13.2. The smallest absolute Gasteiger partial charge is 0.244 e. The zero-order valence-corrected chi connectivity index (χ0v) is 22.4. The van der Waals surface area contributed by atoms with Crippen molar-refractivity contribution in [3.63, 3.8) is 0 Å². The Morgan fingerprint density at radius 3 is 2.70 bits per heavy atom. The molecule has 2 unspecified atom stereocenters. The molecule has 0 spiro atoms. The molecule has 0 bridgehead atoms. The number of aryl methyl sites for hydroxylation is 1. The fraction of sp³-hybridized carbons (Fsp3) is 0.333. The molecule has 2 atom stereocenters. The third kappa shape index (κ3) is 5.32. The van der Waals surface area contributed by atoms with Gasteiger partial charge in [-0.25, -0.2) is 9.37 Å². The molecular weight excluding hydrogens is 483 g/mol. The number of halogens is 1. The van der Waals surface area contributed by atoms with Gasteiger partial charge in [-0.05, 0) is 84.7 Å². The summed E-state index contributed by atoms with van der Waals surface area (Å²) in [5.74, 6) is 1.22. The molecule has 5 rings (SSSR count). The molecule has 2 fully saturated rings. The first-order valence-electron chi connectivity index (χ1n) is 12.7. The van der Waals surface area contributed by atoms with Gasteiger partial charge in [-0.15, -0.1) is 11.3 Å². The largest absolute Gasteiger partial charge is 0.384 e. The van der Waals surface area contributed by atoms with Crippen molar-refractivity contribution >= 4 is 29.1 Å². The van der Waals surface area contributed by atoms with E-state index >= 15 is 0 Å². The summed E-state index contributed by atoms with van der Waals surface area (Å²) in [7, 11) is 0. The maximum Gasteiger partial charge on any atom is 0.244 e. The van der Waals surface area contributed by atoms with Crippen molar-refractivity contribution in [2.75, 3.05) is 18.8 Å². The van der Waals surface area contributed by atoms with E-state index in [0.717, 1.165) is 22.6 Å². The zero-order chi connectivity index (χ0) is 26.3. The number of alkyl halides is 1. The number of pyridine rings is 1. The zero-order valence-electron chi connectivity index (χ0n) is 21.6. The van der Waals surface area contributed by atoms with Gasteiger partial charge in [-0.1, -0.05) is 24.8 Å². The molecule has 1 saturated carbocycles. The first-order chi connectivity index (χ1) is 17.7. The van der Waals surface area contributed by atoms with Crippen LogP contribution in [0.5, 0.6) is 0 Å². The van der Waals surface area contributed by atoms with Crippen LogP contribution in [0.3, 0.4) is 0 Å². The van der Waals surface area contributed by atoms with Gasteiger partial charge in [0.05, 0.1) is 19.6 Å². The molecular formula is C30H33FN4OS. The summed E-state index contributed by atoms with van der Waals surface area (Å²) in [6.45, 7) is 12.2. The summed E-state index contributed by atoms with van der Waals surface area (Å²) >= 11 is 1.74. The number of hydrogen-bond acceptors (Lipinski definition) is 5. The average molecular weight is 517 g/mol. The molecule has 1 saturated heterocycles. The molecule has 1 aliphatic heterocycles. The van der Waals surface area contributed by atoms with Crippen LogP contribution in [0.2, 0.25) is 0 Å². The van der Waals surface area contributed by atoms with Gasteiger partial charge < -0.3 is 16.0 Å². The first kappa shape index (κ1) is 25.2. The lowest BCUT2D eigenvalue weighted by atomic mass is 9.97. The first-order valence-corrected chi connectivity index (χ1v) is 13.5. The van der Waals surface area contributed by atoms with Crippen LogP contribution < -0.4 is 11.1 Å². The number of aromatic nitrogens is 1. The van der Waals surface area contributed by atoms with Gasteiger partial charge in [0.2, 0.25) is 5.91 Å². The Bertz CT molecular complexity index is 1370. The minimum atomic E-state index is -0.699. The Balaban J connectivity index is 1.23. The predicted octanol–water partition coefficient (Wildman–Crippen LogP) is 5.92. The Morgan fingerprint density at radius 1 is 1.24 bits per heavy atom. The van der Waals surface area contributed by atoms with Crippen LogP contribution in [0.1, 0.15) is 45.0 Å². The number of nitrogens with zero attached hydrogens (tertiary/aromatic N) is 2. The van der Waals surface area contributed by atoms with Gasteiger partial charge in [-0.3, -0.25) is 4.79 Å². The second-order valence-corrected chi connectivity index (χ2v) is 11.3. The minimum absolute atomic E-state index is 0.148. The van der Waals surface area contributed by atoms with E-state index < -0.39 is 6.17 Å². The predicted molar refractivity (Wildman–Crippen MR) is 150 cm³/mol. The van der Waals surface area contributed by atoms with Crippen LogP contribution in [0.25, 0.3) is 16.5 Å². The lowest BCUT2D eigenvalue weighted by molar-refractivity contribution is -0.116. The van der Waals surface area contributed by atoms with Crippen LogP contribution >= 0.6 is 11.3 Å². The Kier molecular flexibility index (Phi) is 6.90. The van der Waals surface area contributed by atoms with E-state index in [1.165, 1.54) is 38.8 Å². The van der Waals surface area contributed by atoms with Crippen molar-refractivity contribution in [3.05, 3.63) is 87.6 Å². The number of anilines is 1. The maximum atomic E-state index is 13.2. The number of nitrogens with one attached hydrogen (secondary N) is 1. The van der Waals surface area contributed by atoms with Crippen molar-refractivity contribution in [1.82, 2.24) is 15.2 Å². The van der Waals surface area contributed by atoms with Crippen LogP contribution in [0, 0.1) is 26.7 Å². The highest BCUT2D eigenvalue weighted by Crippen LogP contribution is 2.53. The van der Waals surface area contributed by atoms with Crippen molar-refractivity contribution in [2.45, 2.75) is 45.8 Å². The SMILES string of the molecule is C=C(C1CC1c1ccc(-c2sc(CNC(=O)/C=C/c3ccc(N)nc3)c(C)c2C)c(C)c1)N1CC(F)C1. The third-order valence-corrected chi connectivity index (χ3v) is 9.02. The Hall–Kier alpha value is -3.45. The number of allylic oxidation sites excluding steroid dienone is 1. The number of amides is 1. The van der Waals surface area contributed by atoms with E-state index in [4.69, 9.17) is 5.73 Å². The number of carbonyl (C=O) groups excluding carboxylic acids is 1. The highest BCUT2D eigenvalue weighted by Gasteiger charge is 2.44. The quantitative estimate of drug-likeness (QED) is 0.365. The van der Waals surface area contributed by atoms with Gasteiger partial charge in [0.15, 0.2) is 0 Å². The molecule has 1 aliphatic carbocycles. The summed E-state index contributed by atoms with van der Waals surface area (Å²) in [4.78, 5) is 20.9. The van der Waals surface area contributed by atoms with Gasteiger partial charge in [0.1, 0.15) is 12.0 Å². The van der Waals surface area contributed by atoms with E-state index in [9.17, 15) is 9.18 Å². The Labute approximate surface area is 221 Å². The highest BCUT2D eigenvalue weighted by atomic mass is 32.1. The molecule has 0 radical (unpaired) electrons. The third-order valence-electron chi connectivity index (χ3n) is 7.59. The van der Waals surface area contributed by atoms with Crippen LogP contribution in [-0.4, -0.2) is 35.1 Å². The molecule has 3 aromatic rings. The number of likely N-dealkylation sites (tertiary alicyclic amines) is 1. The summed E-state index contributed by atoms with van der Waals surface area (Å²) in [5, 5.41) is 3.00. The van der Waals surface area contributed by atoms with E-state index in [-0.39, 0.29) is 5.91 Å². The number of carbonyl (C=O) groups is 1. The van der Waals surface area contributed by atoms with Gasteiger partial charge >= 0.3 is 0 Å². The number of thiophene rings is 1. The number of nitrogens with two attached hydrogens (primary N) is 1.